The average molecular weight is 216 g/mol. The maximum absolute atomic E-state index is 11.0. The zero-order valence-electron chi connectivity index (χ0n) is 9.73. The summed E-state index contributed by atoms with van der Waals surface area (Å²) in [5, 5.41) is 18.7. The van der Waals surface area contributed by atoms with Crippen LogP contribution in [0.2, 0.25) is 0 Å². The monoisotopic (exact) mass is 216 g/mol. The second kappa shape index (κ2) is 4.94. The van der Waals surface area contributed by atoms with Crippen LogP contribution in [0.25, 0.3) is 0 Å². The summed E-state index contributed by atoms with van der Waals surface area (Å²) >= 11 is 0. The molecule has 1 aliphatic carbocycles. The Bertz CT molecular complexity index is 370. The molecule has 0 amide bonds. The normalized spacial score (nSPS) is 27.4. The Morgan fingerprint density at radius 3 is 2.44 bits per heavy atom. The molecule has 0 bridgehead atoms. The van der Waals surface area contributed by atoms with E-state index in [0.717, 1.165) is 12.7 Å². The number of nitriles is 2. The first-order valence-corrected chi connectivity index (χ1v) is 5.67. The highest BCUT2D eigenvalue weighted by Gasteiger charge is 2.48. The van der Waals surface area contributed by atoms with Crippen LogP contribution in [-0.2, 0) is 4.79 Å². The molecule has 0 saturated heterocycles. The van der Waals surface area contributed by atoms with Crippen molar-refractivity contribution in [2.24, 2.45) is 17.3 Å². The van der Waals surface area contributed by atoms with Gasteiger partial charge in [0.05, 0.1) is 12.1 Å². The smallest absolute Gasteiger partial charge is 0.153 e. The van der Waals surface area contributed by atoms with E-state index >= 15 is 0 Å². The molecule has 1 aliphatic rings. The molecule has 3 nitrogen and oxygen atoms in total. The lowest BCUT2D eigenvalue weighted by molar-refractivity contribution is -0.105. The van der Waals surface area contributed by atoms with Crippen molar-refractivity contribution in [1.29, 1.82) is 10.5 Å². The van der Waals surface area contributed by atoms with Gasteiger partial charge in [-0.2, -0.15) is 10.5 Å². The van der Waals surface area contributed by atoms with Crippen molar-refractivity contribution >= 4 is 6.29 Å². The van der Waals surface area contributed by atoms with E-state index in [1.54, 1.807) is 0 Å². The van der Waals surface area contributed by atoms with Gasteiger partial charge in [-0.25, -0.2) is 0 Å². The highest BCUT2D eigenvalue weighted by molar-refractivity contribution is 5.75. The van der Waals surface area contributed by atoms with E-state index < -0.39 is 5.41 Å². The van der Waals surface area contributed by atoms with Gasteiger partial charge in [-0.1, -0.05) is 26.3 Å². The first-order chi connectivity index (χ1) is 7.69. The number of aldehydes is 1. The summed E-state index contributed by atoms with van der Waals surface area (Å²) < 4.78 is 0. The Hall–Kier alpha value is -1.61. The quantitative estimate of drug-likeness (QED) is 0.681. The van der Waals surface area contributed by atoms with E-state index in [9.17, 15) is 15.3 Å². The van der Waals surface area contributed by atoms with Crippen molar-refractivity contribution < 1.29 is 4.79 Å². The SMILES string of the molecule is CC[C@@H]1CC=C(C=O)[C@@H](CC)C1(C#N)C#N. The van der Waals surface area contributed by atoms with E-state index in [0.29, 0.717) is 18.4 Å². The average Bonchev–Trinajstić information content (AvgIpc) is 2.36. The second-order valence-corrected chi connectivity index (χ2v) is 4.22. The molecule has 16 heavy (non-hydrogen) atoms. The number of carbonyl (C=O) groups excluding carboxylic acids is 1. The van der Waals surface area contributed by atoms with Crippen molar-refractivity contribution in [1.82, 2.24) is 0 Å². The third kappa shape index (κ3) is 1.63. The number of hydrogen-bond donors (Lipinski definition) is 0. The molecule has 3 heteroatoms. The van der Waals surface area contributed by atoms with Crippen LogP contribution in [-0.4, -0.2) is 6.29 Å². The summed E-state index contributed by atoms with van der Waals surface area (Å²) in [6.45, 7) is 3.91. The van der Waals surface area contributed by atoms with Crippen LogP contribution in [0, 0.1) is 39.9 Å². The minimum atomic E-state index is -1.02. The van der Waals surface area contributed by atoms with Gasteiger partial charge in [0, 0.05) is 5.92 Å². The summed E-state index contributed by atoms with van der Waals surface area (Å²) in [6, 6.07) is 4.35. The van der Waals surface area contributed by atoms with Gasteiger partial charge in [-0.05, 0) is 24.3 Å². The molecule has 0 aromatic carbocycles. The predicted molar refractivity (Wildman–Crippen MR) is 60.0 cm³/mol. The summed E-state index contributed by atoms with van der Waals surface area (Å²) in [5.74, 6) is -0.199. The summed E-state index contributed by atoms with van der Waals surface area (Å²) in [5.41, 5.74) is -0.399. The van der Waals surface area contributed by atoms with Crippen LogP contribution < -0.4 is 0 Å². The molecule has 0 radical (unpaired) electrons. The second-order valence-electron chi connectivity index (χ2n) is 4.22. The Labute approximate surface area is 96.4 Å². The number of hydrogen-bond acceptors (Lipinski definition) is 3. The number of nitrogens with zero attached hydrogens (tertiary/aromatic N) is 2. The molecule has 0 saturated carbocycles. The molecule has 0 fully saturated rings. The van der Waals surface area contributed by atoms with E-state index in [-0.39, 0.29) is 11.8 Å². The Balaban J connectivity index is 3.29. The number of rotatable bonds is 3. The largest absolute Gasteiger partial charge is 0.298 e. The Morgan fingerprint density at radius 1 is 1.44 bits per heavy atom. The molecule has 2 atom stereocenters. The minimum Gasteiger partial charge on any atom is -0.298 e. The summed E-state index contributed by atoms with van der Waals surface area (Å²) in [4.78, 5) is 11.0. The molecule has 0 spiro atoms. The third-order valence-corrected chi connectivity index (χ3v) is 3.64. The predicted octanol–water partition coefficient (Wildman–Crippen LogP) is 2.60. The van der Waals surface area contributed by atoms with Crippen molar-refractivity contribution in [3.63, 3.8) is 0 Å². The van der Waals surface area contributed by atoms with Crippen molar-refractivity contribution in [2.45, 2.75) is 33.1 Å². The Morgan fingerprint density at radius 2 is 2.06 bits per heavy atom. The van der Waals surface area contributed by atoms with Crippen molar-refractivity contribution in [3.05, 3.63) is 11.6 Å². The molecular weight excluding hydrogens is 200 g/mol. The number of allylic oxidation sites excluding steroid dienone is 2. The van der Waals surface area contributed by atoms with E-state index in [2.05, 4.69) is 12.1 Å². The standard InChI is InChI=1S/C13H16N2O/c1-3-11-6-5-10(7-16)12(4-2)13(11,8-14)9-15/h5,7,11-12H,3-4,6H2,1-2H3/t11-,12-/m1/s1. The van der Waals surface area contributed by atoms with Gasteiger partial charge in [-0.15, -0.1) is 0 Å². The lowest BCUT2D eigenvalue weighted by atomic mass is 9.60. The number of carbonyl (C=O) groups is 1. The van der Waals surface area contributed by atoms with Crippen LogP contribution in [0.3, 0.4) is 0 Å². The molecule has 0 unspecified atom stereocenters. The van der Waals surface area contributed by atoms with E-state index in [1.165, 1.54) is 0 Å². The highest BCUT2D eigenvalue weighted by atomic mass is 16.1. The molecule has 84 valence electrons. The van der Waals surface area contributed by atoms with Crippen molar-refractivity contribution in [2.75, 3.05) is 0 Å². The lowest BCUT2D eigenvalue weighted by Crippen LogP contribution is -2.39. The van der Waals surface area contributed by atoms with Gasteiger partial charge in [0.15, 0.2) is 5.41 Å². The maximum Gasteiger partial charge on any atom is 0.153 e. The fourth-order valence-corrected chi connectivity index (χ4v) is 2.69. The molecule has 1 rings (SSSR count). The molecule has 0 aromatic heterocycles. The molecule has 0 heterocycles. The first kappa shape index (κ1) is 12.5. The van der Waals surface area contributed by atoms with E-state index in [4.69, 9.17) is 0 Å². The van der Waals surface area contributed by atoms with Crippen molar-refractivity contribution in [3.8, 4) is 12.1 Å². The van der Waals surface area contributed by atoms with Gasteiger partial charge < -0.3 is 0 Å². The van der Waals surface area contributed by atoms with Crippen LogP contribution in [0.15, 0.2) is 11.6 Å². The van der Waals surface area contributed by atoms with Crippen LogP contribution in [0.5, 0.6) is 0 Å². The molecular formula is C13H16N2O. The lowest BCUT2D eigenvalue weighted by Gasteiger charge is -2.38. The third-order valence-electron chi connectivity index (χ3n) is 3.64. The fraction of sp³-hybridized carbons (Fsp3) is 0.615. The van der Waals surface area contributed by atoms with Gasteiger partial charge in [0.2, 0.25) is 0 Å². The zero-order chi connectivity index (χ0) is 12.2. The molecule has 0 N–H and O–H groups in total. The first-order valence-electron chi connectivity index (χ1n) is 5.67. The molecule has 0 aliphatic heterocycles. The zero-order valence-corrected chi connectivity index (χ0v) is 9.73. The van der Waals surface area contributed by atoms with Crippen LogP contribution in [0.1, 0.15) is 33.1 Å². The van der Waals surface area contributed by atoms with Gasteiger partial charge in [0.25, 0.3) is 0 Å². The van der Waals surface area contributed by atoms with Gasteiger partial charge in [0.1, 0.15) is 6.29 Å². The summed E-state index contributed by atoms with van der Waals surface area (Å²) in [6.07, 6.45) is 4.79. The summed E-state index contributed by atoms with van der Waals surface area (Å²) in [7, 11) is 0. The fourth-order valence-electron chi connectivity index (χ4n) is 2.69. The topological polar surface area (TPSA) is 64.7 Å². The minimum absolute atomic E-state index is 0.0381. The Kier molecular flexibility index (Phi) is 3.85. The van der Waals surface area contributed by atoms with E-state index in [1.807, 2.05) is 19.9 Å². The highest BCUT2D eigenvalue weighted by Crippen LogP contribution is 2.47. The molecule has 0 aromatic rings. The van der Waals surface area contributed by atoms with Gasteiger partial charge >= 0.3 is 0 Å². The maximum atomic E-state index is 11.0. The van der Waals surface area contributed by atoms with Crippen LogP contribution >= 0.6 is 0 Å². The van der Waals surface area contributed by atoms with Crippen LogP contribution in [0.4, 0.5) is 0 Å². The van der Waals surface area contributed by atoms with Gasteiger partial charge in [-0.3, -0.25) is 4.79 Å².